The first-order valence-electron chi connectivity index (χ1n) is 9.30. The summed E-state index contributed by atoms with van der Waals surface area (Å²) in [7, 11) is 0. The predicted molar refractivity (Wildman–Crippen MR) is 106 cm³/mol. The van der Waals surface area contributed by atoms with E-state index in [2.05, 4.69) is 16.0 Å². The van der Waals surface area contributed by atoms with E-state index in [9.17, 15) is 34.5 Å². The summed E-state index contributed by atoms with van der Waals surface area (Å²) < 4.78 is 0. The van der Waals surface area contributed by atoms with Crippen molar-refractivity contribution in [2.45, 2.75) is 38.4 Å². The van der Waals surface area contributed by atoms with Gasteiger partial charge in [0.05, 0.1) is 13.2 Å². The number of carbonyl (C=O) groups excluding carboxylic acids is 3. The highest BCUT2D eigenvalue weighted by atomic mass is 16.4. The van der Waals surface area contributed by atoms with Crippen LogP contribution in [0.1, 0.15) is 19.4 Å². The van der Waals surface area contributed by atoms with Crippen LogP contribution in [0.25, 0.3) is 0 Å². The second kappa shape index (κ2) is 11.7. The molecule has 1 aromatic rings. The van der Waals surface area contributed by atoms with E-state index in [1.54, 1.807) is 26.0 Å². The Balaban J connectivity index is 2.92. The van der Waals surface area contributed by atoms with E-state index < -0.39 is 54.3 Å². The minimum absolute atomic E-state index is 0.0286. The Morgan fingerprint density at radius 2 is 1.53 bits per heavy atom. The Kier molecular flexibility index (Phi) is 9.72. The van der Waals surface area contributed by atoms with Gasteiger partial charge in [0.25, 0.3) is 0 Å². The molecule has 0 saturated carbocycles. The number of benzene rings is 1. The number of carbonyl (C=O) groups is 4. The SMILES string of the molecule is CC(C)C(NC(=O)C(CO)NC(=O)C(Cc1ccc(O)cc1)NC(=O)CN)C(=O)O. The maximum absolute atomic E-state index is 12.7. The first-order chi connectivity index (χ1) is 14.1. The van der Waals surface area contributed by atoms with Gasteiger partial charge in [-0.3, -0.25) is 14.4 Å². The third kappa shape index (κ3) is 7.68. The lowest BCUT2D eigenvalue weighted by molar-refractivity contribution is -0.143. The number of carboxylic acid groups (broad SMARTS) is 1. The summed E-state index contributed by atoms with van der Waals surface area (Å²) in [6.45, 7) is 2.06. The average Bonchev–Trinajstić information content (AvgIpc) is 2.70. The summed E-state index contributed by atoms with van der Waals surface area (Å²) in [5.41, 5.74) is 5.90. The summed E-state index contributed by atoms with van der Waals surface area (Å²) in [4.78, 5) is 48.0. The van der Waals surface area contributed by atoms with Gasteiger partial charge in [0, 0.05) is 6.42 Å². The largest absolute Gasteiger partial charge is 0.508 e. The van der Waals surface area contributed by atoms with Crippen molar-refractivity contribution in [3.05, 3.63) is 29.8 Å². The normalized spacial score (nSPS) is 13.8. The van der Waals surface area contributed by atoms with Crippen molar-refractivity contribution in [1.82, 2.24) is 16.0 Å². The third-order valence-electron chi connectivity index (χ3n) is 4.26. The molecule has 1 rings (SSSR count). The molecule has 0 aromatic heterocycles. The summed E-state index contributed by atoms with van der Waals surface area (Å²) in [5.74, 6) is -3.89. The molecular weight excluding hydrogens is 396 g/mol. The van der Waals surface area contributed by atoms with Crippen LogP contribution in [-0.4, -0.2) is 70.3 Å². The molecular formula is C19H28N4O7. The lowest BCUT2D eigenvalue weighted by atomic mass is 10.0. The predicted octanol–water partition coefficient (Wildman–Crippen LogP) is -1.92. The van der Waals surface area contributed by atoms with Crippen molar-refractivity contribution in [3.8, 4) is 5.75 Å². The molecule has 166 valence electrons. The molecule has 0 bridgehead atoms. The van der Waals surface area contributed by atoms with E-state index in [0.717, 1.165) is 0 Å². The Morgan fingerprint density at radius 3 is 2.00 bits per heavy atom. The first-order valence-corrected chi connectivity index (χ1v) is 9.30. The van der Waals surface area contributed by atoms with Crippen LogP contribution in [0.2, 0.25) is 0 Å². The highest BCUT2D eigenvalue weighted by Crippen LogP contribution is 2.11. The van der Waals surface area contributed by atoms with Gasteiger partial charge in [-0.2, -0.15) is 0 Å². The van der Waals surface area contributed by atoms with Crippen molar-refractivity contribution in [1.29, 1.82) is 0 Å². The number of amides is 3. The number of nitrogens with two attached hydrogens (primary N) is 1. The Bertz CT molecular complexity index is 752. The third-order valence-corrected chi connectivity index (χ3v) is 4.26. The fourth-order valence-electron chi connectivity index (χ4n) is 2.56. The van der Waals surface area contributed by atoms with Crippen LogP contribution in [0.4, 0.5) is 0 Å². The molecule has 1 aromatic carbocycles. The van der Waals surface area contributed by atoms with Crippen molar-refractivity contribution in [2.75, 3.05) is 13.2 Å². The minimum atomic E-state index is -1.42. The van der Waals surface area contributed by atoms with E-state index in [1.165, 1.54) is 12.1 Å². The molecule has 0 aliphatic carbocycles. The number of phenols is 1. The van der Waals surface area contributed by atoms with Crippen LogP contribution >= 0.6 is 0 Å². The van der Waals surface area contributed by atoms with Gasteiger partial charge in [0.15, 0.2) is 0 Å². The van der Waals surface area contributed by atoms with Crippen LogP contribution in [0.5, 0.6) is 5.75 Å². The zero-order valence-electron chi connectivity index (χ0n) is 16.8. The van der Waals surface area contributed by atoms with E-state index >= 15 is 0 Å². The fraction of sp³-hybridized carbons (Fsp3) is 0.474. The van der Waals surface area contributed by atoms with E-state index in [0.29, 0.717) is 5.56 Å². The molecule has 3 atom stereocenters. The highest BCUT2D eigenvalue weighted by Gasteiger charge is 2.30. The summed E-state index contributed by atoms with van der Waals surface area (Å²) in [6.07, 6.45) is 0.0291. The quantitative estimate of drug-likeness (QED) is 0.214. The number of aliphatic carboxylic acids is 1. The summed E-state index contributed by atoms with van der Waals surface area (Å²) in [5, 5.41) is 35.1. The molecule has 0 aliphatic rings. The van der Waals surface area contributed by atoms with E-state index in [4.69, 9.17) is 5.73 Å². The van der Waals surface area contributed by atoms with Gasteiger partial charge in [-0.05, 0) is 23.6 Å². The first kappa shape index (κ1) is 24.9. The number of hydrogen-bond donors (Lipinski definition) is 7. The molecule has 11 nitrogen and oxygen atoms in total. The van der Waals surface area contributed by atoms with Crippen LogP contribution < -0.4 is 21.7 Å². The zero-order valence-corrected chi connectivity index (χ0v) is 16.8. The lowest BCUT2D eigenvalue weighted by Gasteiger charge is -2.24. The second-order valence-electron chi connectivity index (χ2n) is 7.01. The van der Waals surface area contributed by atoms with Gasteiger partial charge in [-0.15, -0.1) is 0 Å². The number of aliphatic hydroxyl groups excluding tert-OH is 1. The number of carboxylic acids is 1. The van der Waals surface area contributed by atoms with Crippen LogP contribution in [-0.2, 0) is 25.6 Å². The van der Waals surface area contributed by atoms with Crippen molar-refractivity contribution in [3.63, 3.8) is 0 Å². The molecule has 30 heavy (non-hydrogen) atoms. The Hall–Kier alpha value is -3.18. The summed E-state index contributed by atoms with van der Waals surface area (Å²) in [6, 6.07) is 2.20. The topological polar surface area (TPSA) is 191 Å². The summed E-state index contributed by atoms with van der Waals surface area (Å²) >= 11 is 0. The molecule has 0 fully saturated rings. The number of rotatable bonds is 11. The minimum Gasteiger partial charge on any atom is -0.508 e. The maximum Gasteiger partial charge on any atom is 0.326 e. The highest BCUT2D eigenvalue weighted by molar-refractivity contribution is 5.93. The van der Waals surface area contributed by atoms with Crippen molar-refractivity contribution < 1.29 is 34.5 Å². The standard InChI is InChI=1S/C19H28N4O7/c1-10(2)16(19(29)30)23-18(28)14(9-24)22-17(27)13(21-15(26)8-20)7-11-3-5-12(25)6-4-11/h3-6,10,13-14,16,24-25H,7-9,20H2,1-2H3,(H,21,26)(H,22,27)(H,23,28)(H,29,30). The maximum atomic E-state index is 12.7. The van der Waals surface area contributed by atoms with E-state index in [1.807, 2.05) is 0 Å². The van der Waals surface area contributed by atoms with Crippen LogP contribution in [0.3, 0.4) is 0 Å². The van der Waals surface area contributed by atoms with E-state index in [-0.39, 0.29) is 18.7 Å². The Labute approximate surface area is 173 Å². The van der Waals surface area contributed by atoms with Gasteiger partial charge >= 0.3 is 5.97 Å². The molecule has 0 heterocycles. The molecule has 0 spiro atoms. The number of hydrogen-bond acceptors (Lipinski definition) is 7. The molecule has 0 aliphatic heterocycles. The monoisotopic (exact) mass is 424 g/mol. The van der Waals surface area contributed by atoms with Gasteiger partial charge < -0.3 is 37.0 Å². The second-order valence-corrected chi connectivity index (χ2v) is 7.01. The molecule has 0 saturated heterocycles. The fourth-order valence-corrected chi connectivity index (χ4v) is 2.56. The van der Waals surface area contributed by atoms with Gasteiger partial charge in [0.1, 0.15) is 23.9 Å². The molecule has 3 amide bonds. The van der Waals surface area contributed by atoms with Crippen molar-refractivity contribution in [2.24, 2.45) is 11.7 Å². The van der Waals surface area contributed by atoms with Crippen LogP contribution in [0, 0.1) is 5.92 Å². The lowest BCUT2D eigenvalue weighted by Crippen LogP contribution is -2.58. The number of aromatic hydroxyl groups is 1. The molecule has 11 heteroatoms. The van der Waals surface area contributed by atoms with Gasteiger partial charge in [0.2, 0.25) is 17.7 Å². The molecule has 0 radical (unpaired) electrons. The van der Waals surface area contributed by atoms with Gasteiger partial charge in [-0.25, -0.2) is 4.79 Å². The molecule has 3 unspecified atom stereocenters. The number of phenolic OH excluding ortho intramolecular Hbond substituents is 1. The molecule has 8 N–H and O–H groups in total. The van der Waals surface area contributed by atoms with Crippen molar-refractivity contribution >= 4 is 23.7 Å². The van der Waals surface area contributed by atoms with Gasteiger partial charge in [-0.1, -0.05) is 26.0 Å². The average molecular weight is 424 g/mol. The van der Waals surface area contributed by atoms with Crippen LogP contribution in [0.15, 0.2) is 24.3 Å². The number of aliphatic hydroxyl groups is 1. The smallest absolute Gasteiger partial charge is 0.326 e. The number of nitrogens with one attached hydrogen (secondary N) is 3. The Morgan fingerprint density at radius 1 is 0.967 bits per heavy atom. The zero-order chi connectivity index (χ0) is 22.8.